The molecule has 1 aromatic heterocycles. The average Bonchev–Trinajstić information content (AvgIpc) is 3.07. The first kappa shape index (κ1) is 16.5. The maximum Gasteiger partial charge on any atom is 0.283 e. The molecule has 0 aliphatic carbocycles. The Kier molecular flexibility index (Phi) is 3.46. The number of fused-ring (bicyclic) bond motifs is 4. The number of rotatable bonds is 1. The summed E-state index contributed by atoms with van der Waals surface area (Å²) in [7, 11) is 0. The van der Waals surface area contributed by atoms with Gasteiger partial charge in [-0.3, -0.25) is 0 Å². The average molecular weight is 369 g/mol. The zero-order valence-corrected chi connectivity index (χ0v) is 14.9. The van der Waals surface area contributed by atoms with E-state index in [-0.39, 0.29) is 18.7 Å². The van der Waals surface area contributed by atoms with Gasteiger partial charge in [0.25, 0.3) is 6.02 Å². The van der Waals surface area contributed by atoms with Crippen molar-refractivity contribution in [1.82, 2.24) is 4.98 Å². The van der Waals surface area contributed by atoms with Crippen LogP contribution in [0.5, 0.6) is 5.75 Å². The maximum absolute atomic E-state index is 14.2. The van der Waals surface area contributed by atoms with Gasteiger partial charge >= 0.3 is 0 Å². The molecule has 1 saturated heterocycles. The third kappa shape index (κ3) is 2.21. The summed E-state index contributed by atoms with van der Waals surface area (Å²) in [4.78, 5) is 8.44. The molecule has 140 valence electrons. The van der Waals surface area contributed by atoms with E-state index in [1.165, 1.54) is 6.20 Å². The van der Waals surface area contributed by atoms with E-state index < -0.39 is 17.1 Å². The summed E-state index contributed by atoms with van der Waals surface area (Å²) >= 11 is 0. The Morgan fingerprint density at radius 2 is 2.19 bits per heavy atom. The lowest BCUT2D eigenvalue weighted by Crippen LogP contribution is -2.64. The van der Waals surface area contributed by atoms with Crippen LogP contribution in [0.3, 0.4) is 0 Å². The predicted octanol–water partition coefficient (Wildman–Crippen LogP) is 2.76. The van der Waals surface area contributed by atoms with Crippen LogP contribution >= 0.6 is 0 Å². The predicted molar refractivity (Wildman–Crippen MR) is 96.9 cm³/mol. The van der Waals surface area contributed by atoms with Gasteiger partial charge in [-0.05, 0) is 49.6 Å². The molecule has 5 rings (SSSR count). The Balaban J connectivity index is 1.73. The highest BCUT2D eigenvalue weighted by Gasteiger charge is 2.63. The number of aliphatic imine (C=N–C) groups is 1. The fraction of sp³-hybridized carbons (Fsp3) is 0.400. The molecule has 4 heterocycles. The number of hydrogen-bond acceptors (Lipinski definition) is 6. The number of benzene rings is 1. The Labute approximate surface area is 156 Å². The minimum Gasteiger partial charge on any atom is -0.487 e. The summed E-state index contributed by atoms with van der Waals surface area (Å²) in [6, 6.07) is 9.12. The van der Waals surface area contributed by atoms with Crippen LogP contribution in [-0.2, 0) is 15.0 Å². The second-order valence-electron chi connectivity index (χ2n) is 7.36. The van der Waals surface area contributed by atoms with E-state index in [0.29, 0.717) is 23.5 Å². The third-order valence-electron chi connectivity index (χ3n) is 5.94. The van der Waals surface area contributed by atoms with Crippen molar-refractivity contribution in [3.05, 3.63) is 48.0 Å². The van der Waals surface area contributed by atoms with E-state index in [1.807, 2.05) is 25.1 Å². The molecule has 0 amide bonds. The standard InChI is InChI=1S/C20H20FN3O3/c1-19-16(5-3-9-26-19)27-15-7-6-12(13-4-2-8-23-17(13)21)10-14(15)20(19)11-25-18(22)24-20/h2,4,6-8,10,16H,3,5,9,11H2,1H3,(H2,22,24)/t16?,19-,20?/m0/s1. The quantitative estimate of drug-likeness (QED) is 0.782. The molecule has 0 saturated carbocycles. The Bertz CT molecular complexity index is 950. The zero-order valence-electron chi connectivity index (χ0n) is 14.9. The molecule has 0 radical (unpaired) electrons. The van der Waals surface area contributed by atoms with Gasteiger partial charge in [0, 0.05) is 23.9 Å². The summed E-state index contributed by atoms with van der Waals surface area (Å²) in [6.45, 7) is 2.89. The molecule has 2 aromatic rings. The first-order valence-corrected chi connectivity index (χ1v) is 9.08. The number of nitrogens with zero attached hydrogens (tertiary/aromatic N) is 2. The minimum atomic E-state index is -0.829. The van der Waals surface area contributed by atoms with E-state index >= 15 is 0 Å². The zero-order chi connectivity index (χ0) is 18.6. The van der Waals surface area contributed by atoms with Gasteiger partial charge in [-0.2, -0.15) is 4.39 Å². The number of nitrogens with two attached hydrogens (primary N) is 1. The van der Waals surface area contributed by atoms with Crippen LogP contribution in [0.25, 0.3) is 11.1 Å². The van der Waals surface area contributed by atoms with Crippen molar-refractivity contribution in [3.63, 3.8) is 0 Å². The molecule has 1 aromatic carbocycles. The third-order valence-corrected chi connectivity index (χ3v) is 5.94. The molecule has 0 bridgehead atoms. The highest BCUT2D eigenvalue weighted by Crippen LogP contribution is 2.54. The monoisotopic (exact) mass is 369 g/mol. The Hall–Kier alpha value is -2.67. The fourth-order valence-electron chi connectivity index (χ4n) is 4.45. The number of ether oxygens (including phenoxy) is 3. The molecule has 3 aliphatic rings. The van der Waals surface area contributed by atoms with Crippen molar-refractivity contribution in [2.24, 2.45) is 10.7 Å². The van der Waals surface area contributed by atoms with Gasteiger partial charge in [0.15, 0.2) is 5.54 Å². The molecule has 3 aliphatic heterocycles. The van der Waals surface area contributed by atoms with Crippen LogP contribution in [0.15, 0.2) is 41.5 Å². The van der Waals surface area contributed by atoms with Gasteiger partial charge in [0.2, 0.25) is 5.95 Å². The summed E-state index contributed by atoms with van der Waals surface area (Å²) in [5, 5.41) is 0. The van der Waals surface area contributed by atoms with E-state index in [2.05, 4.69) is 4.98 Å². The molecule has 2 unspecified atom stereocenters. The van der Waals surface area contributed by atoms with Crippen molar-refractivity contribution in [2.75, 3.05) is 13.2 Å². The molecule has 7 heteroatoms. The second kappa shape index (κ2) is 5.66. The van der Waals surface area contributed by atoms with Gasteiger partial charge in [-0.1, -0.05) is 6.07 Å². The maximum atomic E-state index is 14.2. The topological polar surface area (TPSA) is 79.0 Å². The first-order chi connectivity index (χ1) is 13.0. The van der Waals surface area contributed by atoms with Crippen molar-refractivity contribution in [2.45, 2.75) is 37.0 Å². The molecular weight excluding hydrogens is 349 g/mol. The number of amidine groups is 1. The minimum absolute atomic E-state index is 0.134. The largest absolute Gasteiger partial charge is 0.487 e. The summed E-state index contributed by atoms with van der Waals surface area (Å²) in [6.07, 6.45) is 3.06. The lowest BCUT2D eigenvalue weighted by atomic mass is 9.69. The van der Waals surface area contributed by atoms with Gasteiger partial charge in [0.05, 0.1) is 0 Å². The van der Waals surface area contributed by atoms with Crippen molar-refractivity contribution >= 4 is 6.02 Å². The molecule has 2 N–H and O–H groups in total. The Morgan fingerprint density at radius 1 is 1.30 bits per heavy atom. The number of hydrogen-bond donors (Lipinski definition) is 1. The van der Waals surface area contributed by atoms with E-state index in [1.54, 1.807) is 12.1 Å². The van der Waals surface area contributed by atoms with Crippen LogP contribution in [0.4, 0.5) is 4.39 Å². The van der Waals surface area contributed by atoms with Gasteiger partial charge in [-0.25, -0.2) is 9.98 Å². The normalized spacial score (nSPS) is 31.5. The number of halogens is 1. The van der Waals surface area contributed by atoms with Crippen LogP contribution in [0.1, 0.15) is 25.3 Å². The van der Waals surface area contributed by atoms with Gasteiger partial charge < -0.3 is 19.9 Å². The summed E-state index contributed by atoms with van der Waals surface area (Å²) in [5.41, 5.74) is 6.28. The second-order valence-corrected chi connectivity index (χ2v) is 7.36. The number of pyridine rings is 1. The summed E-state index contributed by atoms with van der Waals surface area (Å²) < 4.78 is 32.3. The van der Waals surface area contributed by atoms with Crippen LogP contribution in [0, 0.1) is 5.95 Å². The molecule has 1 fully saturated rings. The lowest BCUT2D eigenvalue weighted by Gasteiger charge is -2.53. The first-order valence-electron chi connectivity index (χ1n) is 9.08. The molecule has 6 nitrogen and oxygen atoms in total. The van der Waals surface area contributed by atoms with Crippen molar-refractivity contribution in [1.29, 1.82) is 0 Å². The Morgan fingerprint density at radius 3 is 2.96 bits per heavy atom. The molecule has 27 heavy (non-hydrogen) atoms. The van der Waals surface area contributed by atoms with Crippen LogP contribution < -0.4 is 10.5 Å². The van der Waals surface area contributed by atoms with Crippen molar-refractivity contribution in [3.8, 4) is 16.9 Å². The van der Waals surface area contributed by atoms with E-state index in [9.17, 15) is 4.39 Å². The van der Waals surface area contributed by atoms with E-state index in [4.69, 9.17) is 24.9 Å². The summed E-state index contributed by atoms with van der Waals surface area (Å²) in [5.74, 6) is 0.185. The smallest absolute Gasteiger partial charge is 0.283 e. The van der Waals surface area contributed by atoms with Crippen LogP contribution in [0.2, 0.25) is 0 Å². The lowest BCUT2D eigenvalue weighted by molar-refractivity contribution is -0.188. The molecular formula is C20H20FN3O3. The van der Waals surface area contributed by atoms with E-state index in [0.717, 1.165) is 18.4 Å². The van der Waals surface area contributed by atoms with Gasteiger partial charge in [-0.15, -0.1) is 0 Å². The highest BCUT2D eigenvalue weighted by atomic mass is 19.1. The SMILES string of the molecule is C[C@]12OCCCC1Oc1ccc(-c3cccnc3F)cc1C21COC(N)=N1. The highest BCUT2D eigenvalue weighted by molar-refractivity contribution is 5.76. The van der Waals surface area contributed by atoms with Gasteiger partial charge in [0.1, 0.15) is 24.1 Å². The molecule has 3 atom stereocenters. The fourth-order valence-corrected chi connectivity index (χ4v) is 4.45. The molecule has 1 spiro atoms. The van der Waals surface area contributed by atoms with Crippen molar-refractivity contribution < 1.29 is 18.6 Å². The number of aromatic nitrogens is 1. The van der Waals surface area contributed by atoms with Crippen LogP contribution in [-0.4, -0.2) is 35.9 Å².